The van der Waals surface area contributed by atoms with Gasteiger partial charge in [-0.15, -0.1) is 11.3 Å². The number of hydrogen-bond acceptors (Lipinski definition) is 4. The average Bonchev–Trinajstić information content (AvgIpc) is 3.42. The van der Waals surface area contributed by atoms with E-state index in [0.29, 0.717) is 23.3 Å². The lowest BCUT2D eigenvalue weighted by Gasteiger charge is -2.10. The first-order valence-corrected chi connectivity index (χ1v) is 11.7. The van der Waals surface area contributed by atoms with Crippen LogP contribution in [0.25, 0.3) is 20.4 Å². The molecule has 0 aliphatic rings. The second-order valence-electron chi connectivity index (χ2n) is 7.77. The lowest BCUT2D eigenvalue weighted by molar-refractivity contribution is 0.101. The summed E-state index contributed by atoms with van der Waals surface area (Å²) in [4.78, 5) is 17.8. The molecule has 0 radical (unpaired) electrons. The van der Waals surface area contributed by atoms with Gasteiger partial charge in [0.25, 0.3) is 5.91 Å². The van der Waals surface area contributed by atoms with E-state index in [-0.39, 0.29) is 11.7 Å². The molecule has 0 saturated heterocycles. The fourth-order valence-corrected chi connectivity index (χ4v) is 5.40. The number of benzene rings is 2. The minimum atomic E-state index is -0.285. The summed E-state index contributed by atoms with van der Waals surface area (Å²) < 4.78 is 17.7. The Labute approximate surface area is 187 Å². The second kappa shape index (κ2) is 7.90. The fourth-order valence-electron chi connectivity index (χ4n) is 3.67. The summed E-state index contributed by atoms with van der Waals surface area (Å²) in [6, 6.07) is 16.6. The molecule has 1 amide bonds. The molecule has 3 aromatic heterocycles. The molecular weight excluding hydrogens is 429 g/mol. The Morgan fingerprint density at radius 2 is 2.00 bits per heavy atom. The topological polar surface area (TPSA) is 46.9 Å². The molecule has 0 atom stereocenters. The van der Waals surface area contributed by atoms with E-state index in [1.54, 1.807) is 17.4 Å². The molecule has 31 heavy (non-hydrogen) atoms. The molecule has 4 nitrogen and oxygen atoms in total. The molecule has 2 aromatic carbocycles. The third-order valence-electron chi connectivity index (χ3n) is 5.28. The van der Waals surface area contributed by atoms with Crippen molar-refractivity contribution in [3.63, 3.8) is 0 Å². The highest BCUT2D eigenvalue weighted by Crippen LogP contribution is 2.31. The van der Waals surface area contributed by atoms with Gasteiger partial charge in [-0.05, 0) is 58.8 Å². The summed E-state index contributed by atoms with van der Waals surface area (Å²) in [5.41, 5.74) is 4.43. The van der Waals surface area contributed by atoms with Crippen LogP contribution < -0.4 is 5.32 Å². The summed E-state index contributed by atoms with van der Waals surface area (Å²) >= 11 is 3.05. The lowest BCUT2D eigenvalue weighted by Crippen LogP contribution is -2.17. The number of rotatable bonds is 5. The molecule has 1 N–H and O–H groups in total. The van der Waals surface area contributed by atoms with Crippen LogP contribution in [0.2, 0.25) is 0 Å². The van der Waals surface area contributed by atoms with E-state index in [2.05, 4.69) is 36.3 Å². The first kappa shape index (κ1) is 19.9. The summed E-state index contributed by atoms with van der Waals surface area (Å²) in [7, 11) is 0. The number of carbonyl (C=O) groups is 1. The number of halogens is 1. The van der Waals surface area contributed by atoms with Gasteiger partial charge in [0, 0.05) is 6.54 Å². The summed E-state index contributed by atoms with van der Waals surface area (Å²) in [5, 5.41) is 5.53. The summed E-state index contributed by atoms with van der Waals surface area (Å²) in [5.74, 6) is -0.0704. The first-order valence-electron chi connectivity index (χ1n) is 10.0. The summed E-state index contributed by atoms with van der Waals surface area (Å²) in [6.07, 6.45) is 0. The maximum atomic E-state index is 13.7. The smallest absolute Gasteiger partial charge is 0.274 e. The van der Waals surface area contributed by atoms with Gasteiger partial charge in [-0.2, -0.15) is 0 Å². The van der Waals surface area contributed by atoms with Crippen molar-refractivity contribution in [3.05, 3.63) is 82.6 Å². The zero-order chi connectivity index (χ0) is 21.5. The molecule has 156 valence electrons. The molecule has 0 aliphatic carbocycles. The van der Waals surface area contributed by atoms with E-state index < -0.39 is 0 Å². The van der Waals surface area contributed by atoms with Crippen LogP contribution in [-0.4, -0.2) is 15.5 Å². The van der Waals surface area contributed by atoms with Gasteiger partial charge in [-0.3, -0.25) is 10.1 Å². The summed E-state index contributed by atoms with van der Waals surface area (Å²) in [6.45, 7) is 4.73. The van der Waals surface area contributed by atoms with Crippen molar-refractivity contribution >= 4 is 54.1 Å². The van der Waals surface area contributed by atoms with Gasteiger partial charge in [-0.1, -0.05) is 43.4 Å². The van der Waals surface area contributed by atoms with Crippen molar-refractivity contribution in [1.29, 1.82) is 0 Å². The molecular formula is C24H20FN3OS2. The van der Waals surface area contributed by atoms with E-state index >= 15 is 0 Å². The Balaban J connectivity index is 1.47. The number of nitrogens with zero attached hydrogens (tertiary/aromatic N) is 2. The minimum Gasteiger partial charge on any atom is -0.331 e. The highest BCUT2D eigenvalue weighted by atomic mass is 32.1. The van der Waals surface area contributed by atoms with Crippen LogP contribution in [0.4, 0.5) is 9.52 Å². The molecule has 0 saturated carbocycles. The number of anilines is 1. The van der Waals surface area contributed by atoms with Crippen molar-refractivity contribution < 1.29 is 9.18 Å². The van der Waals surface area contributed by atoms with Crippen LogP contribution in [0.15, 0.2) is 60.0 Å². The zero-order valence-corrected chi connectivity index (χ0v) is 18.7. The maximum absolute atomic E-state index is 13.7. The number of fused-ring (bicyclic) bond motifs is 2. The standard InChI is InChI=1S/C24H20FN3OS2/c1-14(2)16-6-7-18-21(11-16)31-24(26-18)27-23(29)20-12-22-19(8-9-30-22)28(20)13-15-4-3-5-17(25)10-15/h3-12,14H,13H2,1-2H3,(H,26,27,29). The van der Waals surface area contributed by atoms with Crippen molar-refractivity contribution in [3.8, 4) is 0 Å². The van der Waals surface area contributed by atoms with E-state index in [9.17, 15) is 9.18 Å². The average molecular weight is 450 g/mol. The van der Waals surface area contributed by atoms with E-state index in [0.717, 1.165) is 26.0 Å². The SMILES string of the molecule is CC(C)c1ccc2nc(NC(=O)c3cc4sccc4n3Cc3cccc(F)c3)sc2c1. The predicted octanol–water partition coefficient (Wildman–Crippen LogP) is 6.88. The van der Waals surface area contributed by atoms with Gasteiger partial charge in [0.1, 0.15) is 11.5 Å². The highest BCUT2D eigenvalue weighted by Gasteiger charge is 2.18. The number of thiophene rings is 1. The largest absolute Gasteiger partial charge is 0.331 e. The Bertz CT molecular complexity index is 1410. The number of aromatic nitrogens is 2. The Morgan fingerprint density at radius 3 is 2.81 bits per heavy atom. The van der Waals surface area contributed by atoms with Crippen LogP contribution in [-0.2, 0) is 6.54 Å². The monoisotopic (exact) mass is 449 g/mol. The van der Waals surface area contributed by atoms with Gasteiger partial charge in [0.15, 0.2) is 5.13 Å². The van der Waals surface area contributed by atoms with Crippen LogP contribution in [0, 0.1) is 5.82 Å². The highest BCUT2D eigenvalue weighted by molar-refractivity contribution is 7.22. The zero-order valence-electron chi connectivity index (χ0n) is 17.1. The van der Waals surface area contributed by atoms with Crippen LogP contribution in [0.1, 0.15) is 41.4 Å². The number of carbonyl (C=O) groups excluding carboxylic acids is 1. The predicted molar refractivity (Wildman–Crippen MR) is 127 cm³/mol. The fraction of sp³-hybridized carbons (Fsp3) is 0.167. The number of nitrogens with one attached hydrogen (secondary N) is 1. The number of hydrogen-bond donors (Lipinski definition) is 1. The van der Waals surface area contributed by atoms with Gasteiger partial charge in [0.05, 0.1) is 20.4 Å². The Kier molecular flexibility index (Phi) is 5.08. The molecule has 3 heterocycles. The number of amides is 1. The maximum Gasteiger partial charge on any atom is 0.274 e. The normalized spacial score (nSPS) is 11.6. The van der Waals surface area contributed by atoms with E-state index in [1.165, 1.54) is 29.0 Å². The van der Waals surface area contributed by atoms with Crippen LogP contribution in [0.3, 0.4) is 0 Å². The second-order valence-corrected chi connectivity index (χ2v) is 9.75. The molecule has 0 spiro atoms. The van der Waals surface area contributed by atoms with Crippen molar-refractivity contribution in [1.82, 2.24) is 9.55 Å². The van der Waals surface area contributed by atoms with Crippen LogP contribution in [0.5, 0.6) is 0 Å². The van der Waals surface area contributed by atoms with Gasteiger partial charge < -0.3 is 4.57 Å². The molecule has 0 bridgehead atoms. The minimum absolute atomic E-state index is 0.219. The van der Waals surface area contributed by atoms with Gasteiger partial charge >= 0.3 is 0 Å². The number of thiazole rings is 1. The van der Waals surface area contributed by atoms with Crippen molar-refractivity contribution in [2.75, 3.05) is 5.32 Å². The third kappa shape index (κ3) is 3.86. The van der Waals surface area contributed by atoms with E-state index in [1.807, 2.05) is 34.2 Å². The Morgan fingerprint density at radius 1 is 1.13 bits per heavy atom. The molecule has 0 unspecified atom stereocenters. The first-order chi connectivity index (χ1) is 15.0. The van der Waals surface area contributed by atoms with E-state index in [4.69, 9.17) is 0 Å². The van der Waals surface area contributed by atoms with Gasteiger partial charge in [-0.25, -0.2) is 9.37 Å². The molecule has 7 heteroatoms. The molecule has 5 rings (SSSR count). The molecule has 5 aromatic rings. The van der Waals surface area contributed by atoms with Crippen LogP contribution >= 0.6 is 22.7 Å². The lowest BCUT2D eigenvalue weighted by atomic mass is 10.0. The quantitative estimate of drug-likeness (QED) is 0.318. The third-order valence-corrected chi connectivity index (χ3v) is 7.07. The van der Waals surface area contributed by atoms with Crippen molar-refractivity contribution in [2.45, 2.75) is 26.3 Å². The Hall–Kier alpha value is -3.03. The molecule has 0 fully saturated rings. The van der Waals surface area contributed by atoms with Gasteiger partial charge in [0.2, 0.25) is 0 Å². The molecule has 0 aliphatic heterocycles. The van der Waals surface area contributed by atoms with Crippen molar-refractivity contribution in [2.24, 2.45) is 0 Å².